The Hall–Kier alpha value is -4.57. The summed E-state index contributed by atoms with van der Waals surface area (Å²) < 4.78 is 1.04. The molecule has 0 aliphatic rings. The molecule has 0 amide bonds. The van der Waals surface area contributed by atoms with Gasteiger partial charge in [-0.15, -0.1) is 4.85 Å². The number of nitrogens with zero attached hydrogens (tertiary/aromatic N) is 2. The lowest BCUT2D eigenvalue weighted by molar-refractivity contribution is 0.0984. The van der Waals surface area contributed by atoms with Crippen LogP contribution in [0.5, 0.6) is 5.75 Å². The van der Waals surface area contributed by atoms with Crippen LogP contribution in [0.1, 0.15) is 32.7 Å². The van der Waals surface area contributed by atoms with Crippen LogP contribution in [0.2, 0.25) is 0 Å². The van der Waals surface area contributed by atoms with Gasteiger partial charge in [0.2, 0.25) is 0 Å². The van der Waals surface area contributed by atoms with E-state index in [2.05, 4.69) is 36.4 Å². The van der Waals surface area contributed by atoms with E-state index in [4.69, 9.17) is 0 Å². The molecule has 5 rings (SSSR count). The van der Waals surface area contributed by atoms with E-state index in [0.717, 1.165) is 4.68 Å². The summed E-state index contributed by atoms with van der Waals surface area (Å²) in [6, 6.07) is 35.6. The standard InChI is InChI=1S/C18H16N2O4.C14H12.Al/c1-12-17(16(22)11-13-7-5-6-10-15(13)21)18(23)19(20(12)24)14-8-3-2-4-9-14;1-3-7-13(8-4-1)11-12-14-9-5-2-6-10-14;/h2-10,21,24H,11H2,1H3;1-12H;. The van der Waals surface area contributed by atoms with Crippen molar-refractivity contribution in [1.29, 1.82) is 0 Å². The molecule has 0 unspecified atom stereocenters. The zero-order valence-electron chi connectivity index (χ0n) is 21.5. The maximum absolute atomic E-state index is 12.6. The average Bonchev–Trinajstić information content (AvgIpc) is 3.18. The van der Waals surface area contributed by atoms with Crippen molar-refractivity contribution >= 4 is 35.3 Å². The molecule has 7 heteroatoms. The lowest BCUT2D eigenvalue weighted by Gasteiger charge is -2.05. The number of aromatic hydroxyl groups is 1. The number of para-hydroxylation sites is 2. The maximum Gasteiger partial charge on any atom is 0.285 e. The van der Waals surface area contributed by atoms with Crippen molar-refractivity contribution in [2.24, 2.45) is 0 Å². The third-order valence-corrected chi connectivity index (χ3v) is 5.95. The van der Waals surface area contributed by atoms with Crippen molar-refractivity contribution in [3.8, 4) is 11.4 Å². The van der Waals surface area contributed by atoms with Crippen molar-refractivity contribution < 1.29 is 15.1 Å². The number of phenolic OH excluding ortho intramolecular Hbond substituents is 1. The van der Waals surface area contributed by atoms with Gasteiger partial charge in [0.05, 0.1) is 11.4 Å². The Balaban J connectivity index is 0.000000239. The summed E-state index contributed by atoms with van der Waals surface area (Å²) in [7, 11) is 0. The number of benzene rings is 4. The second kappa shape index (κ2) is 13.8. The van der Waals surface area contributed by atoms with Gasteiger partial charge < -0.3 is 10.3 Å². The van der Waals surface area contributed by atoms with E-state index in [1.807, 2.05) is 36.4 Å². The minimum Gasteiger partial charge on any atom is -0.508 e. The summed E-state index contributed by atoms with van der Waals surface area (Å²) in [6.45, 7) is 1.50. The number of hydrogen-bond donors (Lipinski definition) is 2. The van der Waals surface area contributed by atoms with Crippen molar-refractivity contribution in [2.75, 3.05) is 0 Å². The third-order valence-electron chi connectivity index (χ3n) is 5.95. The molecule has 0 aliphatic heterocycles. The molecule has 5 aromatic rings. The number of carbonyl (C=O) groups excluding carboxylic acids is 1. The molecule has 0 saturated heterocycles. The number of aromatic nitrogens is 2. The number of Topliss-reactive ketones (excluding diaryl/α,β-unsaturated/α-hetero) is 1. The second-order valence-corrected chi connectivity index (χ2v) is 8.59. The fourth-order valence-electron chi connectivity index (χ4n) is 3.96. The number of ketones is 1. The van der Waals surface area contributed by atoms with Gasteiger partial charge in [-0.3, -0.25) is 9.59 Å². The van der Waals surface area contributed by atoms with Gasteiger partial charge in [-0.05, 0) is 36.2 Å². The Labute approximate surface area is 237 Å². The highest BCUT2D eigenvalue weighted by Gasteiger charge is 2.24. The molecule has 0 saturated carbocycles. The summed E-state index contributed by atoms with van der Waals surface area (Å²) in [5.41, 5.74) is 2.82. The highest BCUT2D eigenvalue weighted by atomic mass is 27.0. The molecule has 3 radical (unpaired) electrons. The molecule has 2 N–H and O–H groups in total. The smallest absolute Gasteiger partial charge is 0.285 e. The van der Waals surface area contributed by atoms with Crippen LogP contribution >= 0.6 is 0 Å². The van der Waals surface area contributed by atoms with Crippen molar-refractivity contribution in [3.63, 3.8) is 0 Å². The summed E-state index contributed by atoms with van der Waals surface area (Å²) in [5, 5.41) is 20.0. The Morgan fingerprint density at radius 2 is 1.21 bits per heavy atom. The molecule has 0 atom stereocenters. The zero-order valence-corrected chi connectivity index (χ0v) is 22.7. The summed E-state index contributed by atoms with van der Waals surface area (Å²) >= 11 is 0. The minimum absolute atomic E-state index is 0. The quantitative estimate of drug-likeness (QED) is 0.126. The largest absolute Gasteiger partial charge is 0.508 e. The molecular formula is C32H28AlN2O4. The predicted octanol–water partition coefficient (Wildman–Crippen LogP) is 5.79. The fraction of sp³-hybridized carbons (Fsp3) is 0.0625. The van der Waals surface area contributed by atoms with Gasteiger partial charge in [0.25, 0.3) is 5.56 Å². The monoisotopic (exact) mass is 531 g/mol. The molecule has 0 fully saturated rings. The van der Waals surface area contributed by atoms with Crippen LogP contribution in [0.25, 0.3) is 17.8 Å². The average molecular weight is 532 g/mol. The van der Waals surface area contributed by atoms with Crippen molar-refractivity contribution in [1.82, 2.24) is 9.53 Å². The molecule has 1 aromatic heterocycles. The highest BCUT2D eigenvalue weighted by Crippen LogP contribution is 2.19. The lowest BCUT2D eigenvalue weighted by Crippen LogP contribution is -2.23. The van der Waals surface area contributed by atoms with Crippen LogP contribution < -0.4 is 5.56 Å². The van der Waals surface area contributed by atoms with E-state index >= 15 is 0 Å². The molecular weight excluding hydrogens is 503 g/mol. The zero-order chi connectivity index (χ0) is 26.9. The molecule has 6 nitrogen and oxygen atoms in total. The fourth-order valence-corrected chi connectivity index (χ4v) is 3.96. The topological polar surface area (TPSA) is 84.5 Å². The highest BCUT2D eigenvalue weighted by molar-refractivity contribution is 5.98. The van der Waals surface area contributed by atoms with Crippen LogP contribution in [-0.4, -0.2) is 43.0 Å². The van der Waals surface area contributed by atoms with Crippen LogP contribution in [0.4, 0.5) is 0 Å². The summed E-state index contributed by atoms with van der Waals surface area (Å²) in [5.74, 6) is -0.466. The first-order valence-electron chi connectivity index (χ1n) is 12.1. The van der Waals surface area contributed by atoms with Gasteiger partial charge in [-0.25, -0.2) is 0 Å². The van der Waals surface area contributed by atoms with Crippen molar-refractivity contribution in [3.05, 3.63) is 154 Å². The van der Waals surface area contributed by atoms with Crippen LogP contribution in [-0.2, 0) is 6.42 Å². The van der Waals surface area contributed by atoms with E-state index in [9.17, 15) is 19.9 Å². The Morgan fingerprint density at radius 3 is 1.72 bits per heavy atom. The maximum atomic E-state index is 12.6. The van der Waals surface area contributed by atoms with E-state index in [1.54, 1.807) is 48.5 Å². The second-order valence-electron chi connectivity index (χ2n) is 8.59. The van der Waals surface area contributed by atoms with Crippen molar-refractivity contribution in [2.45, 2.75) is 13.3 Å². The molecule has 193 valence electrons. The molecule has 4 aromatic carbocycles. The van der Waals surface area contributed by atoms with Gasteiger partial charge in [-0.2, -0.15) is 4.68 Å². The van der Waals surface area contributed by atoms with E-state index in [-0.39, 0.29) is 40.8 Å². The molecule has 0 bridgehead atoms. The summed E-state index contributed by atoms with van der Waals surface area (Å²) in [6.07, 6.45) is 4.12. The normalized spacial score (nSPS) is 10.4. The number of phenols is 1. The Kier molecular flexibility index (Phi) is 10.3. The SMILES string of the molecule is C(=Cc1ccccc1)c1ccccc1.Cc1c(C(=O)Cc2ccccc2O)c(=O)n(-c2ccccc2)n1O.[Al]. The van der Waals surface area contributed by atoms with Gasteiger partial charge in [0, 0.05) is 29.3 Å². The minimum atomic E-state index is -0.596. The first-order valence-corrected chi connectivity index (χ1v) is 12.1. The Bertz CT molecular complexity index is 1550. The van der Waals surface area contributed by atoms with E-state index in [0.29, 0.717) is 16.1 Å². The molecule has 39 heavy (non-hydrogen) atoms. The first-order chi connectivity index (χ1) is 18.5. The molecule has 1 heterocycles. The van der Waals surface area contributed by atoms with Gasteiger partial charge in [-0.1, -0.05) is 109 Å². The van der Waals surface area contributed by atoms with E-state index in [1.165, 1.54) is 24.1 Å². The lowest BCUT2D eigenvalue weighted by atomic mass is 10.0. The summed E-state index contributed by atoms with van der Waals surface area (Å²) in [4.78, 5) is 25.9. The number of rotatable bonds is 6. The van der Waals surface area contributed by atoms with Gasteiger partial charge in [0.1, 0.15) is 11.3 Å². The van der Waals surface area contributed by atoms with Crippen LogP contribution in [0.15, 0.2) is 120 Å². The first kappa shape index (κ1) is 29.0. The van der Waals surface area contributed by atoms with Gasteiger partial charge in [0.15, 0.2) is 5.78 Å². The molecule has 0 aliphatic carbocycles. The van der Waals surface area contributed by atoms with E-state index < -0.39 is 11.3 Å². The third kappa shape index (κ3) is 7.26. The number of hydrogen-bond acceptors (Lipinski definition) is 4. The predicted molar refractivity (Wildman–Crippen MR) is 156 cm³/mol. The van der Waals surface area contributed by atoms with Crippen LogP contribution in [0, 0.1) is 6.92 Å². The molecule has 0 spiro atoms. The van der Waals surface area contributed by atoms with Gasteiger partial charge >= 0.3 is 0 Å². The van der Waals surface area contributed by atoms with Crippen LogP contribution in [0.3, 0.4) is 0 Å². The Morgan fingerprint density at radius 1 is 0.744 bits per heavy atom. The number of carbonyl (C=O) groups is 1.